The summed E-state index contributed by atoms with van der Waals surface area (Å²) in [6, 6.07) is 18.0. The maximum absolute atomic E-state index is 13.1. The zero-order valence-electron chi connectivity index (χ0n) is 14.5. The third-order valence-corrected chi connectivity index (χ3v) is 4.66. The van der Waals surface area contributed by atoms with Gasteiger partial charge in [-0.05, 0) is 41.0 Å². The maximum atomic E-state index is 13.1. The summed E-state index contributed by atoms with van der Waals surface area (Å²) >= 11 is 0. The van der Waals surface area contributed by atoms with Gasteiger partial charge < -0.3 is 10.7 Å². The normalized spacial score (nSPS) is 11.7. The molecule has 3 aromatic carbocycles. The molecule has 0 fully saturated rings. The molecule has 0 bridgehead atoms. The Morgan fingerprint density at radius 3 is 2.25 bits per heavy atom. The highest BCUT2D eigenvalue weighted by molar-refractivity contribution is 6.10. The van der Waals surface area contributed by atoms with Crippen LogP contribution in [0.15, 0.2) is 72.9 Å². The smallest absolute Gasteiger partial charge is 0.366 e. The SMILES string of the molecule is NC(=O)c1cc(-c2ccccc2)cc2c(-c3cccc(C(F)(F)F)c3)c[nH]c12. The van der Waals surface area contributed by atoms with Crippen LogP contribution in [-0.4, -0.2) is 10.9 Å². The van der Waals surface area contributed by atoms with Gasteiger partial charge in [0.15, 0.2) is 0 Å². The van der Waals surface area contributed by atoms with Crippen LogP contribution in [-0.2, 0) is 6.18 Å². The summed E-state index contributed by atoms with van der Waals surface area (Å²) in [5.41, 5.74) is 8.22. The predicted molar refractivity (Wildman–Crippen MR) is 103 cm³/mol. The van der Waals surface area contributed by atoms with Gasteiger partial charge in [-0.1, -0.05) is 42.5 Å². The number of nitrogens with one attached hydrogen (secondary N) is 1. The number of carbonyl (C=O) groups is 1. The molecular formula is C22H15F3N2O. The highest BCUT2D eigenvalue weighted by atomic mass is 19.4. The number of fused-ring (bicyclic) bond motifs is 1. The number of aromatic amines is 1. The Morgan fingerprint density at radius 2 is 1.57 bits per heavy atom. The van der Waals surface area contributed by atoms with Crippen molar-refractivity contribution in [2.24, 2.45) is 5.73 Å². The van der Waals surface area contributed by atoms with Crippen molar-refractivity contribution < 1.29 is 18.0 Å². The largest absolute Gasteiger partial charge is 0.416 e. The van der Waals surface area contributed by atoms with Crippen LogP contribution in [0.5, 0.6) is 0 Å². The fourth-order valence-electron chi connectivity index (χ4n) is 3.33. The molecule has 0 spiro atoms. The molecule has 1 aromatic heterocycles. The lowest BCUT2D eigenvalue weighted by Gasteiger charge is -2.10. The second-order valence-corrected chi connectivity index (χ2v) is 6.46. The monoisotopic (exact) mass is 380 g/mol. The van der Waals surface area contributed by atoms with Crippen molar-refractivity contribution in [3.63, 3.8) is 0 Å². The molecule has 0 radical (unpaired) electrons. The van der Waals surface area contributed by atoms with Gasteiger partial charge in [0, 0.05) is 17.1 Å². The van der Waals surface area contributed by atoms with E-state index in [1.165, 1.54) is 6.07 Å². The van der Waals surface area contributed by atoms with E-state index in [9.17, 15) is 18.0 Å². The van der Waals surface area contributed by atoms with Crippen molar-refractivity contribution >= 4 is 16.8 Å². The average Bonchev–Trinajstić information content (AvgIpc) is 3.11. The minimum atomic E-state index is -4.43. The molecular weight excluding hydrogens is 365 g/mol. The van der Waals surface area contributed by atoms with E-state index >= 15 is 0 Å². The quantitative estimate of drug-likeness (QED) is 0.476. The van der Waals surface area contributed by atoms with Crippen LogP contribution in [0.25, 0.3) is 33.2 Å². The van der Waals surface area contributed by atoms with Gasteiger partial charge in [0.2, 0.25) is 0 Å². The van der Waals surface area contributed by atoms with Crippen molar-refractivity contribution in [3.05, 3.63) is 84.1 Å². The number of benzene rings is 3. The van der Waals surface area contributed by atoms with E-state index in [0.717, 1.165) is 23.3 Å². The Labute approximate surface area is 158 Å². The fraction of sp³-hybridized carbons (Fsp3) is 0.0455. The molecule has 0 saturated carbocycles. The third kappa shape index (κ3) is 3.13. The topological polar surface area (TPSA) is 58.9 Å². The molecule has 0 aliphatic carbocycles. The number of nitrogens with two attached hydrogens (primary N) is 1. The standard InChI is InChI=1S/C22H15F3N2O/c23-22(24,25)16-8-4-7-14(9-16)19-12-27-20-17(19)10-15(11-18(20)21(26)28)13-5-2-1-3-6-13/h1-12,27H,(H2,26,28). The van der Waals surface area contributed by atoms with Gasteiger partial charge in [-0.3, -0.25) is 4.79 Å². The van der Waals surface area contributed by atoms with Crippen LogP contribution >= 0.6 is 0 Å². The van der Waals surface area contributed by atoms with Crippen LogP contribution in [0, 0.1) is 0 Å². The number of rotatable bonds is 3. The molecule has 1 heterocycles. The zero-order chi connectivity index (χ0) is 19.9. The van der Waals surface area contributed by atoms with Gasteiger partial charge in [-0.15, -0.1) is 0 Å². The number of H-pyrrole nitrogens is 1. The molecule has 4 aromatic rings. The van der Waals surface area contributed by atoms with E-state index in [0.29, 0.717) is 22.0 Å². The number of hydrogen-bond acceptors (Lipinski definition) is 1. The summed E-state index contributed by atoms with van der Waals surface area (Å²) in [6.45, 7) is 0. The molecule has 1 amide bonds. The molecule has 0 aliphatic heterocycles. The Balaban J connectivity index is 1.97. The lowest BCUT2D eigenvalue weighted by atomic mass is 9.96. The van der Waals surface area contributed by atoms with Crippen molar-refractivity contribution in [1.82, 2.24) is 4.98 Å². The molecule has 0 atom stereocenters. The van der Waals surface area contributed by atoms with E-state index in [1.807, 2.05) is 36.4 Å². The molecule has 3 N–H and O–H groups in total. The highest BCUT2D eigenvalue weighted by Gasteiger charge is 2.30. The molecule has 0 aliphatic rings. The van der Waals surface area contributed by atoms with E-state index in [1.54, 1.807) is 18.3 Å². The summed E-state index contributed by atoms with van der Waals surface area (Å²) in [6.07, 6.45) is -2.84. The lowest BCUT2D eigenvalue weighted by Crippen LogP contribution is -2.11. The van der Waals surface area contributed by atoms with Gasteiger partial charge in [0.05, 0.1) is 16.6 Å². The number of halogens is 3. The minimum absolute atomic E-state index is 0.287. The first-order valence-electron chi connectivity index (χ1n) is 8.52. The summed E-state index contributed by atoms with van der Waals surface area (Å²) in [5.74, 6) is -0.611. The molecule has 4 rings (SSSR count). The van der Waals surface area contributed by atoms with Crippen molar-refractivity contribution in [1.29, 1.82) is 0 Å². The van der Waals surface area contributed by atoms with Crippen LogP contribution in [0.2, 0.25) is 0 Å². The van der Waals surface area contributed by atoms with Gasteiger partial charge >= 0.3 is 6.18 Å². The summed E-state index contributed by atoms with van der Waals surface area (Å²) in [4.78, 5) is 15.0. The molecule has 0 unspecified atom stereocenters. The van der Waals surface area contributed by atoms with E-state index < -0.39 is 17.6 Å². The van der Waals surface area contributed by atoms with Crippen LogP contribution in [0.1, 0.15) is 15.9 Å². The Bertz CT molecular complexity index is 1180. The first-order valence-corrected chi connectivity index (χ1v) is 8.52. The maximum Gasteiger partial charge on any atom is 0.416 e. The number of primary amides is 1. The lowest BCUT2D eigenvalue weighted by molar-refractivity contribution is -0.137. The second-order valence-electron chi connectivity index (χ2n) is 6.46. The number of alkyl halides is 3. The average molecular weight is 380 g/mol. The summed E-state index contributed by atoms with van der Waals surface area (Å²) < 4.78 is 39.3. The Kier molecular flexibility index (Phi) is 4.19. The van der Waals surface area contributed by atoms with Gasteiger partial charge in [-0.25, -0.2) is 0 Å². The molecule has 3 nitrogen and oxygen atoms in total. The number of carbonyl (C=O) groups excluding carboxylic acids is 1. The van der Waals surface area contributed by atoms with Crippen LogP contribution in [0.4, 0.5) is 13.2 Å². The Hall–Kier alpha value is -3.54. The molecule has 6 heteroatoms. The second kappa shape index (κ2) is 6.56. The highest BCUT2D eigenvalue weighted by Crippen LogP contribution is 2.37. The fourth-order valence-corrected chi connectivity index (χ4v) is 3.33. The number of hydrogen-bond donors (Lipinski definition) is 2. The zero-order valence-corrected chi connectivity index (χ0v) is 14.5. The van der Waals surface area contributed by atoms with Crippen LogP contribution < -0.4 is 5.73 Å². The van der Waals surface area contributed by atoms with Gasteiger partial charge in [-0.2, -0.15) is 13.2 Å². The molecule has 28 heavy (non-hydrogen) atoms. The van der Waals surface area contributed by atoms with Crippen molar-refractivity contribution in [2.45, 2.75) is 6.18 Å². The van der Waals surface area contributed by atoms with E-state index in [4.69, 9.17) is 5.73 Å². The van der Waals surface area contributed by atoms with Gasteiger partial charge in [0.25, 0.3) is 5.91 Å². The first-order chi connectivity index (χ1) is 13.3. The summed E-state index contributed by atoms with van der Waals surface area (Å²) in [7, 11) is 0. The molecule has 0 saturated heterocycles. The van der Waals surface area contributed by atoms with E-state index in [-0.39, 0.29) is 5.56 Å². The predicted octanol–water partition coefficient (Wildman–Crippen LogP) is 5.62. The molecule has 140 valence electrons. The van der Waals surface area contributed by atoms with Crippen molar-refractivity contribution in [2.75, 3.05) is 0 Å². The van der Waals surface area contributed by atoms with Crippen LogP contribution in [0.3, 0.4) is 0 Å². The third-order valence-electron chi connectivity index (χ3n) is 4.66. The Morgan fingerprint density at radius 1 is 0.857 bits per heavy atom. The minimum Gasteiger partial charge on any atom is -0.366 e. The first kappa shape index (κ1) is 17.9. The number of amides is 1. The number of aromatic nitrogens is 1. The van der Waals surface area contributed by atoms with Crippen molar-refractivity contribution in [3.8, 4) is 22.3 Å². The van der Waals surface area contributed by atoms with Gasteiger partial charge in [0.1, 0.15) is 0 Å². The summed E-state index contributed by atoms with van der Waals surface area (Å²) in [5, 5.41) is 0.634. The van der Waals surface area contributed by atoms with E-state index in [2.05, 4.69) is 4.98 Å².